The molecule has 2 aromatic rings. The third kappa shape index (κ3) is 4.57. The molecule has 0 radical (unpaired) electrons. The Morgan fingerprint density at radius 1 is 1.24 bits per heavy atom. The number of likely N-dealkylation sites (tertiary alicyclic amines) is 1. The first-order valence-corrected chi connectivity index (χ1v) is 10.5. The van der Waals surface area contributed by atoms with Gasteiger partial charge in [-0.05, 0) is 24.5 Å². The zero-order valence-electron chi connectivity index (χ0n) is 16.4. The average Bonchev–Trinajstić information content (AvgIpc) is 3.19. The van der Waals surface area contributed by atoms with Crippen molar-refractivity contribution in [2.75, 3.05) is 39.8 Å². The number of carbonyl (C=O) groups is 2. The molecule has 1 unspecified atom stereocenters. The number of nitrogens with one attached hydrogen (secondary N) is 1. The summed E-state index contributed by atoms with van der Waals surface area (Å²) in [5.74, 6) is 0.746. The van der Waals surface area contributed by atoms with Crippen molar-refractivity contribution in [3.05, 3.63) is 41.3 Å². The number of amides is 2. The lowest BCUT2D eigenvalue weighted by Crippen LogP contribution is -2.57. The average molecular weight is 436 g/mol. The monoisotopic (exact) mass is 435 g/mol. The highest BCUT2D eigenvalue weighted by Gasteiger charge is 2.33. The van der Waals surface area contributed by atoms with Crippen molar-refractivity contribution in [3.63, 3.8) is 0 Å². The number of benzene rings is 1. The maximum atomic E-state index is 13.3. The molecule has 0 saturated carbocycles. The predicted molar refractivity (Wildman–Crippen MR) is 117 cm³/mol. The molecule has 2 amide bonds. The molecule has 2 saturated heterocycles. The first-order chi connectivity index (χ1) is 13.7. The van der Waals surface area contributed by atoms with Gasteiger partial charge in [0.15, 0.2) is 0 Å². The molecular formula is C21H26ClN3O3S. The smallest absolute Gasteiger partial charge is 0.267 e. The first-order valence-electron chi connectivity index (χ1n) is 9.70. The molecule has 0 spiro atoms. The first kappa shape index (κ1) is 21.6. The third-order valence-corrected chi connectivity index (χ3v) is 6.57. The molecule has 29 heavy (non-hydrogen) atoms. The summed E-state index contributed by atoms with van der Waals surface area (Å²) in [5, 5.41) is 3.11. The summed E-state index contributed by atoms with van der Waals surface area (Å²) in [5.41, 5.74) is 1.08. The van der Waals surface area contributed by atoms with Crippen LogP contribution in [-0.4, -0.2) is 67.5 Å². The van der Waals surface area contributed by atoms with Gasteiger partial charge in [0.25, 0.3) is 5.91 Å². The van der Waals surface area contributed by atoms with Gasteiger partial charge in [0.2, 0.25) is 5.91 Å². The largest absolute Gasteiger partial charge is 0.495 e. The summed E-state index contributed by atoms with van der Waals surface area (Å²) >= 11 is 1.47. The summed E-state index contributed by atoms with van der Waals surface area (Å²) in [4.78, 5) is 31.0. The van der Waals surface area contributed by atoms with E-state index in [0.717, 1.165) is 36.4 Å². The van der Waals surface area contributed by atoms with Gasteiger partial charge < -0.3 is 19.9 Å². The van der Waals surface area contributed by atoms with Crippen molar-refractivity contribution in [1.82, 2.24) is 15.1 Å². The number of halogens is 1. The fourth-order valence-electron chi connectivity index (χ4n) is 3.96. The van der Waals surface area contributed by atoms with E-state index in [1.807, 2.05) is 46.2 Å². The molecule has 156 valence electrons. The normalized spacial score (nSPS) is 19.6. The topological polar surface area (TPSA) is 61.9 Å². The number of thiophene rings is 1. The van der Waals surface area contributed by atoms with E-state index in [9.17, 15) is 9.59 Å². The molecular weight excluding hydrogens is 410 g/mol. The lowest BCUT2D eigenvalue weighted by Gasteiger charge is -2.41. The highest BCUT2D eigenvalue weighted by atomic mass is 35.5. The molecule has 1 atom stereocenters. The minimum atomic E-state index is -0.00341. The van der Waals surface area contributed by atoms with Gasteiger partial charge in [-0.25, -0.2) is 0 Å². The quantitative estimate of drug-likeness (QED) is 0.802. The fraction of sp³-hybridized carbons (Fsp3) is 0.429. The number of nitrogens with zero attached hydrogens (tertiary/aromatic N) is 2. The molecule has 1 aromatic carbocycles. The Kier molecular flexibility index (Phi) is 7.16. The van der Waals surface area contributed by atoms with E-state index in [2.05, 4.69) is 5.32 Å². The second-order valence-electron chi connectivity index (χ2n) is 7.19. The molecule has 2 aliphatic heterocycles. The molecule has 3 heterocycles. The van der Waals surface area contributed by atoms with E-state index >= 15 is 0 Å². The summed E-state index contributed by atoms with van der Waals surface area (Å²) in [6.07, 6.45) is 1.86. The number of ether oxygens (including phenoxy) is 1. The van der Waals surface area contributed by atoms with Crippen molar-refractivity contribution in [2.45, 2.75) is 18.9 Å². The van der Waals surface area contributed by atoms with Crippen molar-refractivity contribution >= 4 is 35.6 Å². The maximum absolute atomic E-state index is 13.3. The zero-order chi connectivity index (χ0) is 19.5. The van der Waals surface area contributed by atoms with Crippen LogP contribution < -0.4 is 10.1 Å². The van der Waals surface area contributed by atoms with Gasteiger partial charge >= 0.3 is 0 Å². The van der Waals surface area contributed by atoms with Crippen molar-refractivity contribution in [3.8, 4) is 16.2 Å². The van der Waals surface area contributed by atoms with Crippen LogP contribution in [-0.2, 0) is 4.79 Å². The van der Waals surface area contributed by atoms with Gasteiger partial charge in [-0.3, -0.25) is 9.59 Å². The molecule has 0 aliphatic carbocycles. The van der Waals surface area contributed by atoms with Gasteiger partial charge in [0.05, 0.1) is 13.7 Å². The molecule has 1 aromatic heterocycles. The number of hydrogen-bond donors (Lipinski definition) is 1. The Bertz CT molecular complexity index is 858. The van der Waals surface area contributed by atoms with Crippen LogP contribution in [0, 0.1) is 0 Å². The molecule has 4 rings (SSSR count). The number of piperidine rings is 1. The van der Waals surface area contributed by atoms with Crippen LogP contribution in [0.1, 0.15) is 22.5 Å². The molecule has 8 heteroatoms. The molecule has 2 fully saturated rings. The number of carbonyl (C=O) groups excluding carboxylic acids is 2. The lowest BCUT2D eigenvalue weighted by atomic mass is 10.0. The second kappa shape index (κ2) is 9.61. The van der Waals surface area contributed by atoms with Gasteiger partial charge in [0, 0.05) is 37.1 Å². The van der Waals surface area contributed by atoms with E-state index in [4.69, 9.17) is 4.74 Å². The summed E-state index contributed by atoms with van der Waals surface area (Å²) < 4.78 is 5.51. The minimum absolute atomic E-state index is 0. The van der Waals surface area contributed by atoms with Crippen molar-refractivity contribution in [2.24, 2.45) is 0 Å². The Labute approximate surface area is 181 Å². The SMILES string of the molecule is COc1cc(-c2ccccc2)sc1C(=O)N1CCCC(N2CCNCC2=O)C1.Cl. The highest BCUT2D eigenvalue weighted by molar-refractivity contribution is 7.17. The third-order valence-electron chi connectivity index (χ3n) is 5.42. The second-order valence-corrected chi connectivity index (χ2v) is 8.24. The van der Waals surface area contributed by atoms with E-state index in [1.54, 1.807) is 7.11 Å². The van der Waals surface area contributed by atoms with Gasteiger partial charge in [-0.15, -0.1) is 23.7 Å². The van der Waals surface area contributed by atoms with Crippen molar-refractivity contribution < 1.29 is 14.3 Å². The van der Waals surface area contributed by atoms with Crippen LogP contribution in [0.25, 0.3) is 10.4 Å². The van der Waals surface area contributed by atoms with E-state index in [-0.39, 0.29) is 30.3 Å². The molecule has 0 bridgehead atoms. The minimum Gasteiger partial charge on any atom is -0.495 e. The number of hydrogen-bond acceptors (Lipinski definition) is 5. The number of piperazine rings is 1. The highest BCUT2D eigenvalue weighted by Crippen LogP contribution is 2.37. The molecule has 6 nitrogen and oxygen atoms in total. The van der Waals surface area contributed by atoms with Crippen LogP contribution >= 0.6 is 23.7 Å². The van der Waals surface area contributed by atoms with Crippen LogP contribution in [0.5, 0.6) is 5.75 Å². The number of rotatable bonds is 4. The lowest BCUT2D eigenvalue weighted by molar-refractivity contribution is -0.135. The van der Waals surface area contributed by atoms with E-state index in [1.165, 1.54) is 11.3 Å². The number of methoxy groups -OCH3 is 1. The maximum Gasteiger partial charge on any atom is 0.267 e. The Morgan fingerprint density at radius 3 is 2.76 bits per heavy atom. The van der Waals surface area contributed by atoms with Crippen LogP contribution in [0.4, 0.5) is 0 Å². The van der Waals surface area contributed by atoms with E-state index < -0.39 is 0 Å². The standard InChI is InChI=1S/C21H25N3O3S.ClH/c1-27-17-12-18(15-6-3-2-4-7-15)28-20(17)21(26)23-10-5-8-16(14-23)24-11-9-22-13-19(24)25;/h2-4,6-7,12,16,22H,5,8-11,13-14H2,1H3;1H. The molecule has 1 N–H and O–H groups in total. The van der Waals surface area contributed by atoms with Gasteiger partial charge in [-0.1, -0.05) is 30.3 Å². The zero-order valence-corrected chi connectivity index (χ0v) is 18.1. The van der Waals surface area contributed by atoms with Gasteiger partial charge in [-0.2, -0.15) is 0 Å². The van der Waals surface area contributed by atoms with Crippen LogP contribution in [0.3, 0.4) is 0 Å². The Hall–Kier alpha value is -2.09. The summed E-state index contributed by atoms with van der Waals surface area (Å²) in [7, 11) is 1.60. The van der Waals surface area contributed by atoms with Gasteiger partial charge in [0.1, 0.15) is 10.6 Å². The van der Waals surface area contributed by atoms with Crippen LogP contribution in [0.15, 0.2) is 36.4 Å². The predicted octanol–water partition coefficient (Wildman–Crippen LogP) is 2.88. The van der Waals surface area contributed by atoms with Crippen LogP contribution in [0.2, 0.25) is 0 Å². The summed E-state index contributed by atoms with van der Waals surface area (Å²) in [6, 6.07) is 12.1. The molecule has 2 aliphatic rings. The van der Waals surface area contributed by atoms with Crippen molar-refractivity contribution in [1.29, 1.82) is 0 Å². The Morgan fingerprint density at radius 2 is 2.03 bits per heavy atom. The fourth-order valence-corrected chi connectivity index (χ4v) is 5.06. The Balaban J connectivity index is 0.00000240. The summed E-state index contributed by atoms with van der Waals surface area (Å²) in [6.45, 7) is 3.23. The van der Waals surface area contributed by atoms with E-state index in [0.29, 0.717) is 30.3 Å².